The minimum atomic E-state index is 0.0168. The van der Waals surface area contributed by atoms with Crippen molar-refractivity contribution in [1.82, 2.24) is 9.88 Å². The highest BCUT2D eigenvalue weighted by molar-refractivity contribution is 7.18. The van der Waals surface area contributed by atoms with E-state index in [-0.39, 0.29) is 11.9 Å². The first-order valence-electron chi connectivity index (χ1n) is 7.69. The Bertz CT molecular complexity index is 818. The number of carbonyl (C=O) groups is 1. The first-order chi connectivity index (χ1) is 11.3. The van der Waals surface area contributed by atoms with Crippen LogP contribution < -0.4 is 0 Å². The number of amides is 1. The summed E-state index contributed by atoms with van der Waals surface area (Å²) in [5.41, 5.74) is 1.01. The molecule has 0 N–H and O–H groups in total. The maximum atomic E-state index is 12.5. The lowest BCUT2D eigenvalue weighted by atomic mass is 10.2. The second-order valence-electron chi connectivity index (χ2n) is 5.56. The molecule has 0 radical (unpaired) electrons. The van der Waals surface area contributed by atoms with E-state index in [9.17, 15) is 4.79 Å². The van der Waals surface area contributed by atoms with Gasteiger partial charge in [-0.05, 0) is 43.2 Å². The predicted octanol–water partition coefficient (Wildman–Crippen LogP) is 4.27. The van der Waals surface area contributed by atoms with Crippen molar-refractivity contribution in [2.24, 2.45) is 0 Å². The van der Waals surface area contributed by atoms with Crippen LogP contribution in [-0.2, 0) is 4.79 Å². The topological polar surface area (TPSA) is 46.3 Å². The molecule has 1 aromatic carbocycles. The van der Waals surface area contributed by atoms with E-state index in [1.54, 1.807) is 29.8 Å². The molecule has 23 heavy (non-hydrogen) atoms. The van der Waals surface area contributed by atoms with Crippen LogP contribution in [0.3, 0.4) is 0 Å². The zero-order valence-electron chi connectivity index (χ0n) is 12.5. The van der Waals surface area contributed by atoms with Crippen molar-refractivity contribution in [1.29, 1.82) is 0 Å². The first-order valence-corrected chi connectivity index (χ1v) is 8.50. The third-order valence-corrected chi connectivity index (χ3v) is 5.20. The summed E-state index contributed by atoms with van der Waals surface area (Å²) in [7, 11) is 0. The van der Waals surface area contributed by atoms with E-state index in [1.807, 2.05) is 35.2 Å². The van der Waals surface area contributed by atoms with Gasteiger partial charge in [-0.3, -0.25) is 4.79 Å². The smallest absolute Gasteiger partial charge is 0.247 e. The zero-order valence-corrected chi connectivity index (χ0v) is 13.3. The molecule has 2 aromatic heterocycles. The number of furan rings is 1. The minimum absolute atomic E-state index is 0.0168. The third-order valence-electron chi connectivity index (χ3n) is 4.06. The molecule has 4 rings (SSSR count). The lowest BCUT2D eigenvalue weighted by molar-refractivity contribution is -0.126. The Hall–Kier alpha value is -2.40. The Morgan fingerprint density at radius 2 is 2.22 bits per heavy atom. The fourth-order valence-electron chi connectivity index (χ4n) is 2.96. The Labute approximate surface area is 138 Å². The number of para-hydroxylation sites is 1. The molecule has 3 heterocycles. The number of thiazole rings is 1. The zero-order chi connectivity index (χ0) is 15.6. The maximum Gasteiger partial charge on any atom is 0.247 e. The molecule has 0 bridgehead atoms. The molecule has 0 aliphatic carbocycles. The number of benzene rings is 1. The Morgan fingerprint density at radius 1 is 1.30 bits per heavy atom. The van der Waals surface area contributed by atoms with E-state index in [4.69, 9.17) is 9.40 Å². The largest absolute Gasteiger partial charge is 0.465 e. The van der Waals surface area contributed by atoms with Crippen LogP contribution in [0.1, 0.15) is 29.7 Å². The number of nitrogens with zero attached hydrogens (tertiary/aromatic N) is 2. The van der Waals surface area contributed by atoms with Crippen molar-refractivity contribution in [2.75, 3.05) is 6.54 Å². The van der Waals surface area contributed by atoms with E-state index in [2.05, 4.69) is 6.07 Å². The lowest BCUT2D eigenvalue weighted by Gasteiger charge is -2.21. The summed E-state index contributed by atoms with van der Waals surface area (Å²) in [6.07, 6.45) is 6.89. The highest BCUT2D eigenvalue weighted by Gasteiger charge is 2.31. The van der Waals surface area contributed by atoms with Gasteiger partial charge in [0.2, 0.25) is 5.91 Å². The molecule has 1 atom stereocenters. The summed E-state index contributed by atoms with van der Waals surface area (Å²) >= 11 is 1.68. The average molecular weight is 324 g/mol. The van der Waals surface area contributed by atoms with Gasteiger partial charge in [0.05, 0.1) is 22.5 Å². The molecule has 1 aliphatic rings. The Morgan fingerprint density at radius 3 is 3.04 bits per heavy atom. The molecule has 0 spiro atoms. The predicted molar refractivity (Wildman–Crippen MR) is 91.1 cm³/mol. The molecular weight excluding hydrogens is 308 g/mol. The fourth-order valence-corrected chi connectivity index (χ4v) is 4.07. The normalized spacial score (nSPS) is 18.3. The van der Waals surface area contributed by atoms with Crippen LogP contribution in [0.5, 0.6) is 0 Å². The van der Waals surface area contributed by atoms with E-state index in [0.717, 1.165) is 29.9 Å². The minimum Gasteiger partial charge on any atom is -0.465 e. The van der Waals surface area contributed by atoms with Crippen LogP contribution in [0.15, 0.2) is 53.2 Å². The van der Waals surface area contributed by atoms with Crippen molar-refractivity contribution in [2.45, 2.75) is 18.9 Å². The van der Waals surface area contributed by atoms with Gasteiger partial charge in [-0.25, -0.2) is 4.98 Å². The van der Waals surface area contributed by atoms with E-state index in [1.165, 1.54) is 4.70 Å². The maximum absolute atomic E-state index is 12.5. The lowest BCUT2D eigenvalue weighted by Crippen LogP contribution is -2.28. The first kappa shape index (κ1) is 14.2. The summed E-state index contributed by atoms with van der Waals surface area (Å²) in [4.78, 5) is 19.1. The van der Waals surface area contributed by atoms with E-state index < -0.39 is 0 Å². The van der Waals surface area contributed by atoms with Crippen LogP contribution >= 0.6 is 11.3 Å². The van der Waals surface area contributed by atoms with Crippen LogP contribution in [0.25, 0.3) is 16.3 Å². The van der Waals surface area contributed by atoms with Crippen LogP contribution in [0.4, 0.5) is 0 Å². The summed E-state index contributed by atoms with van der Waals surface area (Å²) < 4.78 is 6.40. The number of carbonyl (C=O) groups excluding carboxylic acids is 1. The quantitative estimate of drug-likeness (QED) is 0.676. The van der Waals surface area contributed by atoms with Crippen LogP contribution in [0, 0.1) is 0 Å². The van der Waals surface area contributed by atoms with Gasteiger partial charge in [0.15, 0.2) is 0 Å². The van der Waals surface area contributed by atoms with Crippen LogP contribution in [0.2, 0.25) is 0 Å². The van der Waals surface area contributed by atoms with E-state index >= 15 is 0 Å². The van der Waals surface area contributed by atoms with Gasteiger partial charge >= 0.3 is 0 Å². The molecule has 1 saturated heterocycles. The summed E-state index contributed by atoms with van der Waals surface area (Å²) in [5, 5.41) is 1.03. The molecule has 4 nitrogen and oxygen atoms in total. The standard InChI is InChI=1S/C18H16N2O2S/c21-17(10-9-13-5-4-12-22-13)20-11-3-7-15(20)18-19-14-6-1-2-8-16(14)23-18/h1-2,4-6,8-10,12,15H,3,7,11H2. The number of aromatic nitrogens is 1. The molecule has 1 unspecified atom stereocenters. The molecule has 3 aromatic rings. The van der Waals surface area contributed by atoms with Crippen molar-refractivity contribution in [3.05, 3.63) is 59.5 Å². The molecule has 1 aliphatic heterocycles. The molecule has 1 amide bonds. The number of fused-ring (bicyclic) bond motifs is 1. The Kier molecular flexibility index (Phi) is 3.71. The molecule has 1 fully saturated rings. The Balaban J connectivity index is 1.57. The third kappa shape index (κ3) is 2.80. The van der Waals surface area contributed by atoms with Gasteiger partial charge in [-0.2, -0.15) is 0 Å². The summed E-state index contributed by atoms with van der Waals surface area (Å²) in [6, 6.07) is 11.8. The number of hydrogen-bond donors (Lipinski definition) is 0. The highest BCUT2D eigenvalue weighted by atomic mass is 32.1. The van der Waals surface area contributed by atoms with Crippen molar-refractivity contribution in [3.8, 4) is 0 Å². The number of hydrogen-bond acceptors (Lipinski definition) is 4. The SMILES string of the molecule is O=C(C=Cc1ccco1)N1CCCC1c1nc2ccccc2s1. The number of rotatable bonds is 3. The molecule has 116 valence electrons. The van der Waals surface area contributed by atoms with Crippen molar-refractivity contribution in [3.63, 3.8) is 0 Å². The van der Waals surface area contributed by atoms with E-state index in [0.29, 0.717) is 5.76 Å². The van der Waals surface area contributed by atoms with Gasteiger partial charge in [0, 0.05) is 12.6 Å². The number of likely N-dealkylation sites (tertiary alicyclic amines) is 1. The summed E-state index contributed by atoms with van der Waals surface area (Å²) in [5.74, 6) is 0.706. The van der Waals surface area contributed by atoms with Crippen LogP contribution in [-0.4, -0.2) is 22.3 Å². The summed E-state index contributed by atoms with van der Waals surface area (Å²) in [6.45, 7) is 0.780. The van der Waals surface area contributed by atoms with Crippen molar-refractivity contribution >= 4 is 33.5 Å². The fraction of sp³-hybridized carbons (Fsp3) is 0.222. The second kappa shape index (κ2) is 6.01. The van der Waals surface area contributed by atoms with Gasteiger partial charge in [-0.15, -0.1) is 11.3 Å². The van der Waals surface area contributed by atoms with Crippen molar-refractivity contribution < 1.29 is 9.21 Å². The van der Waals surface area contributed by atoms with Gasteiger partial charge in [-0.1, -0.05) is 12.1 Å². The monoisotopic (exact) mass is 324 g/mol. The average Bonchev–Trinajstić information content (AvgIpc) is 3.31. The second-order valence-corrected chi connectivity index (χ2v) is 6.62. The molecular formula is C18H16N2O2S. The van der Waals surface area contributed by atoms with Gasteiger partial charge in [0.25, 0.3) is 0 Å². The van der Waals surface area contributed by atoms with Gasteiger partial charge < -0.3 is 9.32 Å². The highest BCUT2D eigenvalue weighted by Crippen LogP contribution is 2.36. The molecule has 5 heteroatoms. The molecule has 0 saturated carbocycles. The van der Waals surface area contributed by atoms with Gasteiger partial charge in [0.1, 0.15) is 10.8 Å².